The lowest BCUT2D eigenvalue weighted by Crippen LogP contribution is -2.31. The maximum atomic E-state index is 15.2. The number of aromatic carboxylic acids is 1. The summed E-state index contributed by atoms with van der Waals surface area (Å²) in [4.78, 5) is 25.8. The smallest absolute Gasteiger partial charge is 0.387 e. The van der Waals surface area contributed by atoms with Crippen LogP contribution in [0.4, 0.5) is 18.9 Å². The number of hydrogen-bond acceptors (Lipinski definition) is 6. The predicted molar refractivity (Wildman–Crippen MR) is 113 cm³/mol. The summed E-state index contributed by atoms with van der Waals surface area (Å²) in [6.45, 7) is -2.54. The number of halogens is 4. The number of methoxy groups -OCH3 is 1. The van der Waals surface area contributed by atoms with Crippen molar-refractivity contribution in [1.29, 1.82) is 0 Å². The van der Waals surface area contributed by atoms with Gasteiger partial charge in [0.05, 0.1) is 17.5 Å². The third-order valence-corrected chi connectivity index (χ3v) is 5.76. The molecule has 1 saturated carbocycles. The van der Waals surface area contributed by atoms with Crippen molar-refractivity contribution in [2.45, 2.75) is 31.5 Å². The second-order valence-electron chi connectivity index (χ2n) is 7.91. The molecular weight excluding hydrogens is 455 g/mol. The Hall–Kier alpha value is -2.50. The molecule has 1 saturated heterocycles. The Kier molecular flexibility index (Phi) is 6.91. The lowest BCUT2D eigenvalue weighted by molar-refractivity contribution is -0.0488. The van der Waals surface area contributed by atoms with Crippen molar-refractivity contribution in [2.24, 2.45) is 11.7 Å². The molecule has 2 aliphatic rings. The molecule has 2 aromatic rings. The van der Waals surface area contributed by atoms with Gasteiger partial charge < -0.3 is 29.8 Å². The quantitative estimate of drug-likeness (QED) is 0.631. The van der Waals surface area contributed by atoms with E-state index in [1.54, 1.807) is 0 Å². The van der Waals surface area contributed by atoms with Crippen LogP contribution in [0.5, 0.6) is 5.75 Å². The van der Waals surface area contributed by atoms with Crippen LogP contribution in [0.3, 0.4) is 0 Å². The van der Waals surface area contributed by atoms with Gasteiger partial charge in [-0.2, -0.15) is 8.78 Å². The predicted octanol–water partition coefficient (Wildman–Crippen LogP) is 2.61. The number of ether oxygens (including phenoxy) is 2. The van der Waals surface area contributed by atoms with Crippen LogP contribution in [0, 0.1) is 11.7 Å². The Balaban J connectivity index is 0.00000289. The van der Waals surface area contributed by atoms with E-state index < -0.39 is 35.1 Å². The average Bonchev–Trinajstić information content (AvgIpc) is 3.46. The number of anilines is 1. The van der Waals surface area contributed by atoms with Crippen LogP contribution < -0.4 is 20.8 Å². The number of pyridine rings is 1. The molecule has 176 valence electrons. The minimum absolute atomic E-state index is 0. The Bertz CT molecular complexity index is 1090. The molecule has 1 aliphatic carbocycles. The normalized spacial score (nSPS) is 20.6. The summed E-state index contributed by atoms with van der Waals surface area (Å²) in [5.41, 5.74) is 4.34. The summed E-state index contributed by atoms with van der Waals surface area (Å²) < 4.78 is 53.4. The Morgan fingerprint density at radius 2 is 2.03 bits per heavy atom. The Morgan fingerprint density at radius 1 is 1.34 bits per heavy atom. The van der Waals surface area contributed by atoms with E-state index in [2.05, 4.69) is 0 Å². The Labute approximate surface area is 187 Å². The molecule has 0 amide bonds. The number of alkyl halides is 2. The highest BCUT2D eigenvalue weighted by molar-refractivity contribution is 5.97. The molecule has 2 heterocycles. The zero-order valence-corrected chi connectivity index (χ0v) is 17.9. The van der Waals surface area contributed by atoms with Crippen LogP contribution >= 0.6 is 12.4 Å². The van der Waals surface area contributed by atoms with Gasteiger partial charge in [-0.1, -0.05) is 0 Å². The first-order valence-corrected chi connectivity index (χ1v) is 9.81. The first-order chi connectivity index (χ1) is 14.7. The van der Waals surface area contributed by atoms with Gasteiger partial charge in [-0.15, -0.1) is 12.4 Å². The number of nitrogens with zero attached hydrogens (tertiary/aromatic N) is 2. The van der Waals surface area contributed by atoms with Crippen molar-refractivity contribution < 1.29 is 32.5 Å². The SMILES string of the molecule is COCC1CN(c2c(F)cc3c(=O)c(C(=O)O)cn(C4CC4)c3c2OC(F)F)CC1N.Cl. The highest BCUT2D eigenvalue weighted by Crippen LogP contribution is 2.45. The number of rotatable bonds is 7. The second kappa shape index (κ2) is 9.16. The maximum Gasteiger partial charge on any atom is 0.387 e. The maximum absolute atomic E-state index is 15.2. The molecule has 8 nitrogen and oxygen atoms in total. The lowest BCUT2D eigenvalue weighted by atomic mass is 10.1. The van der Waals surface area contributed by atoms with Gasteiger partial charge >= 0.3 is 12.6 Å². The van der Waals surface area contributed by atoms with E-state index >= 15 is 4.39 Å². The highest BCUT2D eigenvalue weighted by Gasteiger charge is 2.36. The van der Waals surface area contributed by atoms with E-state index in [1.807, 2.05) is 0 Å². The van der Waals surface area contributed by atoms with E-state index in [0.29, 0.717) is 19.4 Å². The number of nitrogens with two attached hydrogens (primary N) is 1. The standard InChI is InChI=1S/C20H22F3N3O5.ClH/c1-30-8-9-5-25(7-14(9)24)16-13(21)4-11-15(18(16)31-20(22)23)26(10-2-3-10)6-12(17(11)27)19(28)29;/h4,6,9-10,14,20H,2-3,5,7-8,24H2,1H3,(H,28,29);1H. The zero-order chi connectivity index (χ0) is 22.4. The Morgan fingerprint density at radius 3 is 2.59 bits per heavy atom. The molecule has 0 radical (unpaired) electrons. The minimum atomic E-state index is -3.28. The number of carboxylic acid groups (broad SMARTS) is 1. The molecule has 4 rings (SSSR count). The minimum Gasteiger partial charge on any atom is -0.477 e. The van der Waals surface area contributed by atoms with Crippen LogP contribution in [0.25, 0.3) is 10.9 Å². The van der Waals surface area contributed by atoms with Gasteiger partial charge in [-0.3, -0.25) is 4.79 Å². The van der Waals surface area contributed by atoms with Gasteiger partial charge in [0.25, 0.3) is 0 Å². The molecule has 12 heteroatoms. The molecule has 3 N–H and O–H groups in total. The molecule has 1 aromatic carbocycles. The largest absolute Gasteiger partial charge is 0.477 e. The van der Waals surface area contributed by atoms with Crippen molar-refractivity contribution in [2.75, 3.05) is 31.7 Å². The number of carboxylic acids is 1. The van der Waals surface area contributed by atoms with E-state index in [-0.39, 0.29) is 60.1 Å². The van der Waals surface area contributed by atoms with Gasteiger partial charge in [0, 0.05) is 44.4 Å². The third-order valence-electron chi connectivity index (χ3n) is 5.76. The highest BCUT2D eigenvalue weighted by atomic mass is 35.5. The number of hydrogen-bond donors (Lipinski definition) is 2. The zero-order valence-electron chi connectivity index (χ0n) is 17.1. The third kappa shape index (κ3) is 4.24. The van der Waals surface area contributed by atoms with E-state index in [0.717, 1.165) is 12.3 Å². The van der Waals surface area contributed by atoms with Gasteiger partial charge in [-0.25, -0.2) is 9.18 Å². The summed E-state index contributed by atoms with van der Waals surface area (Å²) in [6, 6.07) is 0.322. The molecule has 1 aliphatic heterocycles. The number of fused-ring (bicyclic) bond motifs is 1. The van der Waals surface area contributed by atoms with Crippen molar-refractivity contribution >= 4 is 35.0 Å². The fraction of sp³-hybridized carbons (Fsp3) is 0.500. The van der Waals surface area contributed by atoms with Crippen molar-refractivity contribution in [1.82, 2.24) is 4.57 Å². The number of benzene rings is 1. The number of aromatic nitrogens is 1. The molecule has 32 heavy (non-hydrogen) atoms. The number of carbonyl (C=O) groups is 1. The molecule has 1 aromatic heterocycles. The second-order valence-corrected chi connectivity index (χ2v) is 7.91. The average molecular weight is 478 g/mol. The summed E-state index contributed by atoms with van der Waals surface area (Å²) in [5.74, 6) is -3.08. The summed E-state index contributed by atoms with van der Waals surface area (Å²) >= 11 is 0. The van der Waals surface area contributed by atoms with E-state index in [4.69, 9.17) is 15.2 Å². The van der Waals surface area contributed by atoms with E-state index in [1.165, 1.54) is 16.6 Å². The van der Waals surface area contributed by atoms with Crippen molar-refractivity contribution in [3.05, 3.63) is 33.9 Å². The van der Waals surface area contributed by atoms with Gasteiger partial charge in [-0.05, 0) is 18.9 Å². The van der Waals surface area contributed by atoms with Crippen LogP contribution in [0.1, 0.15) is 29.2 Å². The molecule has 2 unspecified atom stereocenters. The van der Waals surface area contributed by atoms with Gasteiger partial charge in [0.1, 0.15) is 11.3 Å². The lowest BCUT2D eigenvalue weighted by Gasteiger charge is -2.25. The fourth-order valence-corrected chi connectivity index (χ4v) is 4.20. The summed E-state index contributed by atoms with van der Waals surface area (Å²) in [6.07, 6.45) is 2.46. The fourth-order valence-electron chi connectivity index (χ4n) is 4.20. The van der Waals surface area contributed by atoms with E-state index in [9.17, 15) is 23.5 Å². The summed E-state index contributed by atoms with van der Waals surface area (Å²) in [7, 11) is 1.51. The van der Waals surface area contributed by atoms with Crippen LogP contribution in [0.2, 0.25) is 0 Å². The van der Waals surface area contributed by atoms with Crippen LogP contribution in [-0.4, -0.2) is 55.1 Å². The van der Waals surface area contributed by atoms with Crippen LogP contribution in [0.15, 0.2) is 17.1 Å². The molecule has 2 fully saturated rings. The molecule has 2 atom stereocenters. The van der Waals surface area contributed by atoms with Gasteiger partial charge in [0.15, 0.2) is 11.6 Å². The summed E-state index contributed by atoms with van der Waals surface area (Å²) in [5, 5.41) is 9.06. The van der Waals surface area contributed by atoms with Crippen LogP contribution in [-0.2, 0) is 4.74 Å². The first-order valence-electron chi connectivity index (χ1n) is 9.81. The topological polar surface area (TPSA) is 107 Å². The first kappa shape index (κ1) is 24.1. The van der Waals surface area contributed by atoms with Crippen molar-refractivity contribution in [3.8, 4) is 5.75 Å². The van der Waals surface area contributed by atoms with Crippen molar-refractivity contribution in [3.63, 3.8) is 0 Å². The monoisotopic (exact) mass is 477 g/mol. The molecule has 0 bridgehead atoms. The molecule has 0 spiro atoms. The van der Waals surface area contributed by atoms with Gasteiger partial charge in [0.2, 0.25) is 5.43 Å². The molecular formula is C20H23ClF3N3O5.